The van der Waals surface area contributed by atoms with E-state index in [0.717, 1.165) is 57.2 Å². The second kappa shape index (κ2) is 5.50. The van der Waals surface area contributed by atoms with Crippen LogP contribution in [0.15, 0.2) is 24.8 Å². The maximum Gasteiger partial charge on any atom is 0.161 e. The molecule has 1 unspecified atom stereocenters. The van der Waals surface area contributed by atoms with E-state index < -0.39 is 5.60 Å². The number of phenolic OH excluding ortho intramolecular Hbond substituents is 1. The van der Waals surface area contributed by atoms with Gasteiger partial charge in [-0.25, -0.2) is 0 Å². The van der Waals surface area contributed by atoms with Crippen LogP contribution in [-0.4, -0.2) is 47.0 Å². The van der Waals surface area contributed by atoms with Gasteiger partial charge in [-0.3, -0.25) is 4.90 Å². The van der Waals surface area contributed by atoms with Crippen LogP contribution in [0.25, 0.3) is 0 Å². The first-order chi connectivity index (χ1) is 11.6. The van der Waals surface area contributed by atoms with E-state index >= 15 is 0 Å². The lowest BCUT2D eigenvalue weighted by molar-refractivity contribution is -0.164. The number of nitrogens with zero attached hydrogens (tertiary/aromatic N) is 1. The van der Waals surface area contributed by atoms with Gasteiger partial charge in [0.2, 0.25) is 0 Å². The number of likely N-dealkylation sites (tertiary alicyclic amines) is 1. The fourth-order valence-electron chi connectivity index (χ4n) is 5.74. The Hall–Kier alpha value is -1.52. The van der Waals surface area contributed by atoms with Crippen molar-refractivity contribution < 1.29 is 14.9 Å². The molecule has 2 fully saturated rings. The zero-order valence-corrected chi connectivity index (χ0v) is 14.4. The van der Waals surface area contributed by atoms with Gasteiger partial charge in [-0.1, -0.05) is 25.0 Å². The number of fused-ring (bicyclic) bond motifs is 1. The molecule has 1 saturated carbocycles. The molecule has 1 saturated heterocycles. The molecular formula is C20H27NO3. The number of methoxy groups -OCH3 is 1. The van der Waals surface area contributed by atoms with E-state index in [1.54, 1.807) is 7.11 Å². The molecular weight excluding hydrogens is 302 g/mol. The highest BCUT2D eigenvalue weighted by molar-refractivity contribution is 5.58. The molecule has 3 aliphatic rings. The summed E-state index contributed by atoms with van der Waals surface area (Å²) in [6, 6.07) is 4.03. The molecule has 4 rings (SSSR count). The van der Waals surface area contributed by atoms with E-state index in [-0.39, 0.29) is 17.2 Å². The first kappa shape index (κ1) is 16.0. The zero-order chi connectivity index (χ0) is 16.9. The second-order valence-corrected chi connectivity index (χ2v) is 7.62. The highest BCUT2D eigenvalue weighted by atomic mass is 16.5. The number of piperidine rings is 1. The van der Waals surface area contributed by atoms with Crippen molar-refractivity contribution in [2.24, 2.45) is 0 Å². The van der Waals surface area contributed by atoms with Crippen molar-refractivity contribution in [1.29, 1.82) is 0 Å². The number of phenols is 1. The van der Waals surface area contributed by atoms with Crippen molar-refractivity contribution in [3.05, 3.63) is 35.9 Å². The minimum absolute atomic E-state index is 0.102. The summed E-state index contributed by atoms with van der Waals surface area (Å²) in [6.45, 7) is 5.63. The molecule has 4 heteroatoms. The van der Waals surface area contributed by atoms with Crippen LogP contribution in [0.4, 0.5) is 0 Å². The van der Waals surface area contributed by atoms with Gasteiger partial charge in [0.05, 0.1) is 12.7 Å². The third-order valence-corrected chi connectivity index (χ3v) is 6.76. The molecule has 1 aliphatic heterocycles. The van der Waals surface area contributed by atoms with Gasteiger partial charge in [-0.2, -0.15) is 0 Å². The van der Waals surface area contributed by atoms with E-state index in [2.05, 4.69) is 17.5 Å². The first-order valence-corrected chi connectivity index (χ1v) is 9.04. The van der Waals surface area contributed by atoms with Crippen LogP contribution in [0.5, 0.6) is 11.5 Å². The number of hydrogen-bond donors (Lipinski definition) is 2. The second-order valence-electron chi connectivity index (χ2n) is 7.62. The summed E-state index contributed by atoms with van der Waals surface area (Å²) >= 11 is 0. The Morgan fingerprint density at radius 2 is 2.12 bits per heavy atom. The van der Waals surface area contributed by atoms with Crippen LogP contribution in [0, 0.1) is 0 Å². The first-order valence-electron chi connectivity index (χ1n) is 9.04. The Kier molecular flexibility index (Phi) is 3.66. The number of hydrogen-bond acceptors (Lipinski definition) is 4. The molecule has 0 radical (unpaired) electrons. The Balaban J connectivity index is 1.93. The molecule has 2 aliphatic carbocycles. The normalized spacial score (nSPS) is 35.0. The van der Waals surface area contributed by atoms with Gasteiger partial charge < -0.3 is 14.9 Å². The van der Waals surface area contributed by atoms with Crippen molar-refractivity contribution in [2.75, 3.05) is 20.2 Å². The molecule has 2 bridgehead atoms. The van der Waals surface area contributed by atoms with Crippen LogP contribution < -0.4 is 4.74 Å². The van der Waals surface area contributed by atoms with Crippen LogP contribution >= 0.6 is 0 Å². The zero-order valence-electron chi connectivity index (χ0n) is 14.4. The number of rotatable bonds is 3. The van der Waals surface area contributed by atoms with Gasteiger partial charge in [0.15, 0.2) is 11.5 Å². The number of ether oxygens (including phenoxy) is 1. The average Bonchev–Trinajstić information content (AvgIpc) is 2.57. The third kappa shape index (κ3) is 1.87. The van der Waals surface area contributed by atoms with Gasteiger partial charge in [0.1, 0.15) is 0 Å². The largest absolute Gasteiger partial charge is 0.504 e. The third-order valence-electron chi connectivity index (χ3n) is 6.76. The van der Waals surface area contributed by atoms with Gasteiger partial charge in [0.25, 0.3) is 0 Å². The van der Waals surface area contributed by atoms with E-state index in [4.69, 9.17) is 4.74 Å². The van der Waals surface area contributed by atoms with Crippen LogP contribution in [0.2, 0.25) is 0 Å². The quantitative estimate of drug-likeness (QED) is 0.837. The van der Waals surface area contributed by atoms with Gasteiger partial charge >= 0.3 is 0 Å². The van der Waals surface area contributed by atoms with Crippen molar-refractivity contribution in [2.45, 2.75) is 55.6 Å². The summed E-state index contributed by atoms with van der Waals surface area (Å²) in [5.41, 5.74) is 1.00. The highest BCUT2D eigenvalue weighted by Gasteiger charge is 2.64. The summed E-state index contributed by atoms with van der Waals surface area (Å²) in [5.74, 6) is 0.758. The minimum atomic E-state index is -0.774. The van der Waals surface area contributed by atoms with Gasteiger partial charge in [-0.15, -0.1) is 6.58 Å². The molecule has 0 amide bonds. The van der Waals surface area contributed by atoms with Crippen molar-refractivity contribution in [1.82, 2.24) is 4.90 Å². The Labute approximate surface area is 143 Å². The fourth-order valence-corrected chi connectivity index (χ4v) is 5.74. The average molecular weight is 329 g/mol. The SMILES string of the molecule is C=CCN1CCC23CCCC[C@@]2(O)[C@H]1Cc1ccc(OC)c(O)c13. The molecule has 130 valence electrons. The van der Waals surface area contributed by atoms with Crippen molar-refractivity contribution >= 4 is 0 Å². The lowest BCUT2D eigenvalue weighted by Gasteiger charge is -2.63. The Bertz CT molecular complexity index is 673. The predicted molar refractivity (Wildman–Crippen MR) is 93.6 cm³/mol. The van der Waals surface area contributed by atoms with Crippen molar-refractivity contribution in [3.63, 3.8) is 0 Å². The summed E-state index contributed by atoms with van der Waals surface area (Å²) in [4.78, 5) is 2.38. The molecule has 0 spiro atoms. The molecule has 24 heavy (non-hydrogen) atoms. The van der Waals surface area contributed by atoms with Gasteiger partial charge in [0, 0.05) is 23.6 Å². The molecule has 1 aromatic carbocycles. The summed E-state index contributed by atoms with van der Waals surface area (Å²) in [6.07, 6.45) is 7.49. The van der Waals surface area contributed by atoms with E-state index in [1.807, 2.05) is 12.1 Å². The molecule has 1 heterocycles. The molecule has 4 nitrogen and oxygen atoms in total. The number of aliphatic hydroxyl groups is 1. The Morgan fingerprint density at radius 1 is 1.33 bits per heavy atom. The maximum absolute atomic E-state index is 11.9. The fraction of sp³-hybridized carbons (Fsp3) is 0.600. The monoisotopic (exact) mass is 329 g/mol. The van der Waals surface area contributed by atoms with Gasteiger partial charge in [-0.05, 0) is 43.9 Å². The molecule has 0 aromatic heterocycles. The predicted octanol–water partition coefficient (Wildman–Crippen LogP) is 2.76. The lowest BCUT2D eigenvalue weighted by Crippen LogP contribution is -2.72. The number of benzene rings is 1. The smallest absolute Gasteiger partial charge is 0.161 e. The lowest BCUT2D eigenvalue weighted by atomic mass is 9.49. The van der Waals surface area contributed by atoms with E-state index in [0.29, 0.717) is 5.75 Å². The minimum Gasteiger partial charge on any atom is -0.504 e. The molecule has 3 atom stereocenters. The van der Waals surface area contributed by atoms with Crippen LogP contribution in [0.3, 0.4) is 0 Å². The standard InChI is InChI=1S/C20H27NO3/c1-3-11-21-12-10-19-8-4-5-9-20(19,23)16(21)13-14-6-7-15(24-2)18(22)17(14)19/h3,6-7,16,22-23H,1,4-5,8-13H2,2H3/t16-,19?,20-/m1/s1. The summed E-state index contributed by atoms with van der Waals surface area (Å²) < 4.78 is 5.36. The van der Waals surface area contributed by atoms with Crippen molar-refractivity contribution in [3.8, 4) is 11.5 Å². The topological polar surface area (TPSA) is 52.9 Å². The molecule has 2 N–H and O–H groups in total. The maximum atomic E-state index is 11.9. The van der Waals surface area contributed by atoms with Crippen LogP contribution in [-0.2, 0) is 11.8 Å². The summed E-state index contributed by atoms with van der Waals surface area (Å²) in [5, 5.41) is 22.8. The van der Waals surface area contributed by atoms with E-state index in [1.165, 1.54) is 5.56 Å². The molecule has 1 aromatic rings. The number of aromatic hydroxyl groups is 1. The Morgan fingerprint density at radius 3 is 2.88 bits per heavy atom. The van der Waals surface area contributed by atoms with Crippen LogP contribution in [0.1, 0.15) is 43.2 Å². The van der Waals surface area contributed by atoms with E-state index in [9.17, 15) is 10.2 Å². The highest BCUT2D eigenvalue weighted by Crippen LogP contribution is 2.60. The summed E-state index contributed by atoms with van der Waals surface area (Å²) in [7, 11) is 1.59.